The van der Waals surface area contributed by atoms with Crippen LogP contribution in [0.3, 0.4) is 0 Å². The first kappa shape index (κ1) is 48.8. The van der Waals surface area contributed by atoms with Crippen molar-refractivity contribution in [2.45, 2.75) is 163 Å². The summed E-state index contributed by atoms with van der Waals surface area (Å²) in [6, 6.07) is 8.18. The fourth-order valence-corrected chi connectivity index (χ4v) is 8.95. The molecule has 1 rings (SSSR count). The Kier molecular flexibility index (Phi) is 20.4. The highest BCUT2D eigenvalue weighted by molar-refractivity contribution is 6.73. The van der Waals surface area contributed by atoms with E-state index in [0.29, 0.717) is 24.4 Å². The smallest absolute Gasteiger partial charge is 0.188 e. The Balaban J connectivity index is 3.43. The summed E-state index contributed by atoms with van der Waals surface area (Å²) in [7, 11) is -1.38. The molecule has 0 amide bonds. The van der Waals surface area contributed by atoms with Crippen molar-refractivity contribution in [1.29, 1.82) is 0 Å². The van der Waals surface area contributed by atoms with Crippen molar-refractivity contribution in [3.63, 3.8) is 0 Å². The van der Waals surface area contributed by atoms with Gasteiger partial charge in [-0.2, -0.15) is 0 Å². The van der Waals surface area contributed by atoms with Crippen LogP contribution in [0.25, 0.3) is 0 Å². The summed E-state index contributed by atoms with van der Waals surface area (Å²) >= 11 is 0. The van der Waals surface area contributed by atoms with Gasteiger partial charge in [-0.1, -0.05) is 105 Å². The van der Waals surface area contributed by atoms with Crippen LogP contribution in [0.5, 0.6) is 5.75 Å². The number of hydrogen-bond donors (Lipinski definition) is 2. The highest BCUT2D eigenvalue weighted by Crippen LogP contribution is 2.48. The zero-order valence-corrected chi connectivity index (χ0v) is 38.6. The Bertz CT molecular complexity index is 1200. The fourth-order valence-electron chi connectivity index (χ4n) is 7.46. The molecule has 1 aromatic rings. The van der Waals surface area contributed by atoms with Crippen molar-refractivity contribution >= 4 is 16.6 Å². The molecule has 0 aliphatic rings. The van der Waals surface area contributed by atoms with E-state index in [1.54, 1.807) is 14.2 Å². The van der Waals surface area contributed by atoms with Gasteiger partial charge in [-0.3, -0.25) is 0 Å². The molecule has 0 saturated heterocycles. The summed E-state index contributed by atoms with van der Waals surface area (Å²) in [6.07, 6.45) is 11.9. The summed E-state index contributed by atoms with van der Waals surface area (Å²) in [4.78, 5) is 22.4. The standard InChI is InChI=1S/C44H82O6Si2/c1-18-19-20-33(3)42(49-30-38-21-23-39(48-13)24-22-38)37(7)40(29-44(10,11)52(16,17)46)35(5)27-32(2)28-36(6)41(50-31-47-12)34(4)25-26-43(8,9)51(14,15)45/h19-24,28,33-37,40-42,45-46H,18,25-27,29-31H2,1-17H3/b20-19-,32-28-/t33?,34?,35-,36-,37-,40+,41-,42-/m0/s1. The molecule has 0 aromatic heterocycles. The highest BCUT2D eigenvalue weighted by atomic mass is 28.4. The van der Waals surface area contributed by atoms with Gasteiger partial charge in [0, 0.05) is 18.9 Å². The molecule has 52 heavy (non-hydrogen) atoms. The first-order valence-electron chi connectivity index (χ1n) is 20.1. The molecule has 0 heterocycles. The number of methoxy groups -OCH3 is 2. The number of allylic oxidation sites excluding steroid dienone is 2. The molecule has 0 radical (unpaired) electrons. The summed E-state index contributed by atoms with van der Waals surface area (Å²) in [5, 5.41) is -0.231. The fraction of sp³-hybridized carbons (Fsp3) is 0.773. The van der Waals surface area contributed by atoms with Gasteiger partial charge in [-0.25, -0.2) is 0 Å². The molecule has 8 heteroatoms. The Labute approximate surface area is 323 Å². The van der Waals surface area contributed by atoms with Crippen LogP contribution in [0.4, 0.5) is 0 Å². The van der Waals surface area contributed by atoms with Crippen molar-refractivity contribution in [1.82, 2.24) is 0 Å². The van der Waals surface area contributed by atoms with Gasteiger partial charge in [0.05, 0.1) is 25.9 Å². The number of benzene rings is 1. The van der Waals surface area contributed by atoms with Crippen LogP contribution in [-0.2, 0) is 20.8 Å². The van der Waals surface area contributed by atoms with Crippen LogP contribution in [0.2, 0.25) is 36.3 Å². The molecule has 0 fully saturated rings. The predicted octanol–water partition coefficient (Wildman–Crippen LogP) is 11.8. The molecular formula is C44H82O6Si2. The largest absolute Gasteiger partial charge is 0.497 e. The predicted molar refractivity (Wildman–Crippen MR) is 227 cm³/mol. The number of hydrogen-bond acceptors (Lipinski definition) is 6. The maximum absolute atomic E-state index is 11.5. The normalized spacial score (nSPS) is 18.5. The summed E-state index contributed by atoms with van der Waals surface area (Å²) < 4.78 is 24.0. The summed E-state index contributed by atoms with van der Waals surface area (Å²) in [5.41, 5.74) is 2.50. The third kappa shape index (κ3) is 15.5. The number of rotatable bonds is 25. The average Bonchev–Trinajstić information content (AvgIpc) is 3.04. The van der Waals surface area contributed by atoms with E-state index in [1.807, 2.05) is 25.2 Å². The third-order valence-corrected chi connectivity index (χ3v) is 19.7. The van der Waals surface area contributed by atoms with Crippen molar-refractivity contribution in [2.75, 3.05) is 21.0 Å². The van der Waals surface area contributed by atoms with Crippen LogP contribution in [0, 0.1) is 35.5 Å². The van der Waals surface area contributed by atoms with Crippen molar-refractivity contribution in [3.05, 3.63) is 53.6 Å². The van der Waals surface area contributed by atoms with Crippen LogP contribution >= 0.6 is 0 Å². The van der Waals surface area contributed by atoms with Gasteiger partial charge in [-0.05, 0) is 117 Å². The summed E-state index contributed by atoms with van der Waals surface area (Å²) in [6.45, 7) is 34.1. The lowest BCUT2D eigenvalue weighted by molar-refractivity contribution is -0.103. The van der Waals surface area contributed by atoms with Crippen molar-refractivity contribution in [3.8, 4) is 5.75 Å². The first-order valence-corrected chi connectivity index (χ1v) is 26.0. The molecule has 0 bridgehead atoms. The van der Waals surface area contributed by atoms with Gasteiger partial charge in [-0.15, -0.1) is 0 Å². The van der Waals surface area contributed by atoms with Crippen molar-refractivity contribution < 1.29 is 28.5 Å². The highest BCUT2D eigenvalue weighted by Gasteiger charge is 2.44. The molecule has 0 aliphatic carbocycles. The van der Waals surface area contributed by atoms with Gasteiger partial charge >= 0.3 is 0 Å². The van der Waals surface area contributed by atoms with E-state index in [-0.39, 0.29) is 46.8 Å². The third-order valence-electron chi connectivity index (χ3n) is 12.7. The first-order chi connectivity index (χ1) is 23.9. The SMILES string of the molecule is CC/C=C\C(C)[C@H](OCc1ccc(OC)cc1)[C@@H](C)[C@H](CC(C)(C)[Si](C)(C)O)[C@@H](C)C/C(C)=C\[C@H](C)[C@@H](OCOC)C(C)CCC(C)(C)[Si](C)(C)O. The molecule has 6 nitrogen and oxygen atoms in total. The quantitative estimate of drug-likeness (QED) is 0.0587. The average molecular weight is 763 g/mol. The Morgan fingerprint density at radius 3 is 1.88 bits per heavy atom. The second kappa shape index (κ2) is 21.7. The molecule has 8 atom stereocenters. The zero-order valence-electron chi connectivity index (χ0n) is 36.6. The van der Waals surface area contributed by atoms with Crippen LogP contribution < -0.4 is 4.74 Å². The van der Waals surface area contributed by atoms with Crippen molar-refractivity contribution in [2.24, 2.45) is 35.5 Å². The topological polar surface area (TPSA) is 77.4 Å². The lowest BCUT2D eigenvalue weighted by atomic mass is 9.71. The van der Waals surface area contributed by atoms with E-state index in [1.165, 1.54) is 5.57 Å². The summed E-state index contributed by atoms with van der Waals surface area (Å²) in [5.74, 6) is 2.57. The minimum atomic E-state index is -2.47. The number of ether oxygens (including phenoxy) is 4. The maximum Gasteiger partial charge on any atom is 0.188 e. The molecular weight excluding hydrogens is 681 g/mol. The second-order valence-corrected chi connectivity index (χ2v) is 27.5. The van der Waals surface area contributed by atoms with Gasteiger partial charge < -0.3 is 28.5 Å². The minimum absolute atomic E-state index is 0.0151. The van der Waals surface area contributed by atoms with E-state index < -0.39 is 16.6 Å². The van der Waals surface area contributed by atoms with Gasteiger partial charge in [0.15, 0.2) is 16.6 Å². The molecule has 2 N–H and O–H groups in total. The molecule has 0 spiro atoms. The van der Waals surface area contributed by atoms with E-state index in [4.69, 9.17) is 18.9 Å². The lowest BCUT2D eigenvalue weighted by Gasteiger charge is -2.44. The molecule has 302 valence electrons. The van der Waals surface area contributed by atoms with E-state index in [9.17, 15) is 9.59 Å². The lowest BCUT2D eigenvalue weighted by Crippen LogP contribution is -2.44. The van der Waals surface area contributed by atoms with E-state index in [0.717, 1.165) is 43.4 Å². The van der Waals surface area contributed by atoms with E-state index in [2.05, 4.69) is 120 Å². The Hall–Kier alpha value is -1.27. The minimum Gasteiger partial charge on any atom is -0.497 e. The monoisotopic (exact) mass is 763 g/mol. The Morgan fingerprint density at radius 2 is 1.38 bits per heavy atom. The van der Waals surface area contributed by atoms with Crippen LogP contribution in [-0.4, -0.2) is 59.4 Å². The molecule has 0 aliphatic heterocycles. The van der Waals surface area contributed by atoms with Gasteiger partial charge in [0.1, 0.15) is 12.5 Å². The van der Waals surface area contributed by atoms with Gasteiger partial charge in [0.25, 0.3) is 0 Å². The molecule has 2 unspecified atom stereocenters. The molecule has 0 saturated carbocycles. The van der Waals surface area contributed by atoms with Crippen LogP contribution in [0.15, 0.2) is 48.1 Å². The Morgan fingerprint density at radius 1 is 0.808 bits per heavy atom. The van der Waals surface area contributed by atoms with E-state index >= 15 is 0 Å². The van der Waals surface area contributed by atoms with Crippen LogP contribution in [0.1, 0.15) is 114 Å². The van der Waals surface area contributed by atoms with Gasteiger partial charge in [0.2, 0.25) is 0 Å². The molecule has 1 aromatic carbocycles. The maximum atomic E-state index is 11.5. The zero-order chi connectivity index (χ0) is 40.1. The second-order valence-electron chi connectivity index (χ2n) is 18.5.